The van der Waals surface area contributed by atoms with Crippen LogP contribution in [0, 0.1) is 11.8 Å². The molecule has 0 radical (unpaired) electrons. The standard InChI is InChI=1S/C18H27N3O.HI/c1-19-18(20-12-14-9-10-14)21-13-16-8-5-11-22-17(16)15-6-3-2-4-7-15;/h2-4,6-7,14,16-17H,5,8-13H2,1H3,(H2,19,20,21);1H. The van der Waals surface area contributed by atoms with Crippen molar-refractivity contribution < 1.29 is 4.74 Å². The molecule has 2 fully saturated rings. The molecule has 1 aliphatic carbocycles. The first kappa shape index (κ1) is 18.5. The third kappa shape index (κ3) is 5.64. The van der Waals surface area contributed by atoms with E-state index in [1.165, 1.54) is 24.8 Å². The predicted molar refractivity (Wildman–Crippen MR) is 105 cm³/mol. The van der Waals surface area contributed by atoms with Crippen LogP contribution in [0.5, 0.6) is 0 Å². The molecular formula is C18H28IN3O. The highest BCUT2D eigenvalue weighted by Crippen LogP contribution is 2.33. The second-order valence-electron chi connectivity index (χ2n) is 6.38. The van der Waals surface area contributed by atoms with E-state index in [4.69, 9.17) is 4.74 Å². The summed E-state index contributed by atoms with van der Waals surface area (Å²) in [5.41, 5.74) is 1.29. The molecule has 2 unspecified atom stereocenters. The summed E-state index contributed by atoms with van der Waals surface area (Å²) in [6.07, 6.45) is 5.26. The summed E-state index contributed by atoms with van der Waals surface area (Å²) in [7, 11) is 1.84. The molecule has 1 saturated heterocycles. The Bertz CT molecular complexity index is 490. The van der Waals surface area contributed by atoms with E-state index in [-0.39, 0.29) is 30.1 Å². The minimum absolute atomic E-state index is 0. The van der Waals surface area contributed by atoms with Crippen LogP contribution in [0.3, 0.4) is 0 Å². The lowest BCUT2D eigenvalue weighted by Crippen LogP contribution is -2.42. The van der Waals surface area contributed by atoms with Crippen LogP contribution >= 0.6 is 24.0 Å². The number of hydrogen-bond donors (Lipinski definition) is 2. The molecule has 0 aromatic heterocycles. The van der Waals surface area contributed by atoms with Gasteiger partial charge in [-0.05, 0) is 37.2 Å². The Morgan fingerprint density at radius 3 is 2.57 bits per heavy atom. The molecule has 1 aromatic carbocycles. The Hall–Kier alpha value is -0.820. The third-order valence-corrected chi connectivity index (χ3v) is 4.58. The maximum Gasteiger partial charge on any atom is 0.190 e. The van der Waals surface area contributed by atoms with Crippen molar-refractivity contribution in [2.24, 2.45) is 16.8 Å². The van der Waals surface area contributed by atoms with E-state index in [1.807, 2.05) is 7.05 Å². The van der Waals surface area contributed by atoms with Gasteiger partial charge >= 0.3 is 0 Å². The molecule has 1 saturated carbocycles. The minimum Gasteiger partial charge on any atom is -0.373 e. The molecule has 1 heterocycles. The molecule has 1 aliphatic heterocycles. The van der Waals surface area contributed by atoms with Crippen molar-refractivity contribution in [1.82, 2.24) is 10.6 Å². The highest BCUT2D eigenvalue weighted by Gasteiger charge is 2.27. The number of rotatable bonds is 5. The predicted octanol–water partition coefficient (Wildman–Crippen LogP) is 3.35. The van der Waals surface area contributed by atoms with Crippen LogP contribution < -0.4 is 10.6 Å². The molecule has 1 aromatic rings. The molecular weight excluding hydrogens is 401 g/mol. The normalized spacial score (nSPS) is 24.7. The van der Waals surface area contributed by atoms with Crippen LogP contribution in [0.2, 0.25) is 0 Å². The second-order valence-corrected chi connectivity index (χ2v) is 6.38. The second kappa shape index (κ2) is 9.47. The maximum atomic E-state index is 6.05. The van der Waals surface area contributed by atoms with E-state index in [0.29, 0.717) is 5.92 Å². The smallest absolute Gasteiger partial charge is 0.190 e. The zero-order valence-electron chi connectivity index (χ0n) is 13.8. The topological polar surface area (TPSA) is 45.7 Å². The molecule has 4 nitrogen and oxygen atoms in total. The van der Waals surface area contributed by atoms with Crippen molar-refractivity contribution in [2.45, 2.75) is 31.8 Å². The Morgan fingerprint density at radius 1 is 1.13 bits per heavy atom. The highest BCUT2D eigenvalue weighted by molar-refractivity contribution is 14.0. The van der Waals surface area contributed by atoms with Gasteiger partial charge in [-0.3, -0.25) is 4.99 Å². The van der Waals surface area contributed by atoms with E-state index in [2.05, 4.69) is 46.0 Å². The largest absolute Gasteiger partial charge is 0.373 e. The Morgan fingerprint density at radius 2 is 1.87 bits per heavy atom. The first-order chi connectivity index (χ1) is 10.9. The lowest BCUT2D eigenvalue weighted by molar-refractivity contribution is -0.0265. The molecule has 0 amide bonds. The summed E-state index contributed by atoms with van der Waals surface area (Å²) in [5, 5.41) is 6.90. The molecule has 2 aliphatic rings. The van der Waals surface area contributed by atoms with Crippen molar-refractivity contribution in [2.75, 3.05) is 26.7 Å². The molecule has 3 rings (SSSR count). The molecule has 23 heavy (non-hydrogen) atoms. The number of benzene rings is 1. The number of guanidine groups is 1. The monoisotopic (exact) mass is 429 g/mol. The molecule has 2 N–H and O–H groups in total. The van der Waals surface area contributed by atoms with Gasteiger partial charge in [-0.2, -0.15) is 0 Å². The van der Waals surface area contributed by atoms with Gasteiger partial charge in [-0.1, -0.05) is 30.3 Å². The summed E-state index contributed by atoms with van der Waals surface area (Å²) in [6, 6.07) is 10.6. The SMILES string of the molecule is CN=C(NCC1CC1)NCC1CCCOC1c1ccccc1.I. The van der Waals surface area contributed by atoms with E-state index in [1.54, 1.807) is 0 Å². The number of halogens is 1. The fourth-order valence-corrected chi connectivity index (χ4v) is 3.07. The number of nitrogens with zero attached hydrogens (tertiary/aromatic N) is 1. The summed E-state index contributed by atoms with van der Waals surface area (Å²) >= 11 is 0. The van der Waals surface area contributed by atoms with E-state index in [0.717, 1.165) is 38.0 Å². The van der Waals surface area contributed by atoms with Gasteiger partial charge in [0.2, 0.25) is 0 Å². The summed E-state index contributed by atoms with van der Waals surface area (Å²) in [6.45, 7) is 2.82. The maximum absolute atomic E-state index is 6.05. The number of aliphatic imine (C=N–C) groups is 1. The van der Waals surface area contributed by atoms with Gasteiger partial charge in [-0.25, -0.2) is 0 Å². The van der Waals surface area contributed by atoms with Crippen LogP contribution in [-0.2, 0) is 4.74 Å². The van der Waals surface area contributed by atoms with E-state index < -0.39 is 0 Å². The van der Waals surface area contributed by atoms with Crippen LogP contribution in [0.15, 0.2) is 35.3 Å². The fraction of sp³-hybridized carbons (Fsp3) is 0.611. The quantitative estimate of drug-likeness (QED) is 0.429. The summed E-state index contributed by atoms with van der Waals surface area (Å²) < 4.78 is 6.05. The van der Waals surface area contributed by atoms with Gasteiger partial charge in [0.1, 0.15) is 0 Å². The first-order valence-electron chi connectivity index (χ1n) is 8.48. The van der Waals surface area contributed by atoms with Crippen LogP contribution in [0.25, 0.3) is 0 Å². The van der Waals surface area contributed by atoms with Gasteiger partial charge in [0.15, 0.2) is 5.96 Å². The zero-order chi connectivity index (χ0) is 15.2. The average Bonchev–Trinajstić information content (AvgIpc) is 3.40. The lowest BCUT2D eigenvalue weighted by atomic mass is 9.89. The average molecular weight is 429 g/mol. The molecule has 0 spiro atoms. The van der Waals surface area contributed by atoms with Gasteiger partial charge in [0.05, 0.1) is 6.10 Å². The number of hydrogen-bond acceptors (Lipinski definition) is 2. The lowest BCUT2D eigenvalue weighted by Gasteiger charge is -2.32. The van der Waals surface area contributed by atoms with Crippen LogP contribution in [0.1, 0.15) is 37.4 Å². The first-order valence-corrected chi connectivity index (χ1v) is 8.48. The van der Waals surface area contributed by atoms with Crippen LogP contribution in [-0.4, -0.2) is 32.7 Å². The summed E-state index contributed by atoms with van der Waals surface area (Å²) in [5.74, 6) is 2.27. The van der Waals surface area contributed by atoms with Gasteiger partial charge < -0.3 is 15.4 Å². The number of nitrogens with one attached hydrogen (secondary N) is 2. The summed E-state index contributed by atoms with van der Waals surface area (Å²) in [4.78, 5) is 4.32. The Labute approximate surface area is 156 Å². The van der Waals surface area contributed by atoms with Gasteiger partial charge in [0, 0.05) is 32.7 Å². The van der Waals surface area contributed by atoms with Gasteiger partial charge in [-0.15, -0.1) is 24.0 Å². The fourth-order valence-electron chi connectivity index (χ4n) is 3.07. The van der Waals surface area contributed by atoms with Crippen molar-refractivity contribution in [3.63, 3.8) is 0 Å². The van der Waals surface area contributed by atoms with Crippen molar-refractivity contribution in [3.8, 4) is 0 Å². The Kier molecular flexibility index (Phi) is 7.62. The van der Waals surface area contributed by atoms with Crippen molar-refractivity contribution in [3.05, 3.63) is 35.9 Å². The minimum atomic E-state index is 0. The zero-order valence-corrected chi connectivity index (χ0v) is 16.2. The molecule has 5 heteroatoms. The van der Waals surface area contributed by atoms with E-state index in [9.17, 15) is 0 Å². The Balaban J connectivity index is 0.00000192. The molecule has 0 bridgehead atoms. The third-order valence-electron chi connectivity index (χ3n) is 4.58. The highest BCUT2D eigenvalue weighted by atomic mass is 127. The molecule has 2 atom stereocenters. The number of ether oxygens (including phenoxy) is 1. The van der Waals surface area contributed by atoms with Crippen molar-refractivity contribution in [1.29, 1.82) is 0 Å². The van der Waals surface area contributed by atoms with Crippen molar-refractivity contribution >= 4 is 29.9 Å². The van der Waals surface area contributed by atoms with Gasteiger partial charge in [0.25, 0.3) is 0 Å². The van der Waals surface area contributed by atoms with E-state index >= 15 is 0 Å². The molecule has 128 valence electrons. The van der Waals surface area contributed by atoms with Crippen LogP contribution in [0.4, 0.5) is 0 Å².